The Labute approximate surface area is 156 Å². The third-order valence-electron chi connectivity index (χ3n) is 3.65. The fourth-order valence-corrected chi connectivity index (χ4v) is 2.94. The van der Waals surface area contributed by atoms with Crippen LogP contribution < -0.4 is 10.0 Å². The zero-order chi connectivity index (χ0) is 19.4. The van der Waals surface area contributed by atoms with E-state index in [-0.39, 0.29) is 23.7 Å². The molecule has 0 aliphatic heterocycles. The number of aromatic nitrogens is 2. The van der Waals surface area contributed by atoms with Crippen LogP contribution in [0.25, 0.3) is 11.4 Å². The first-order valence-electron chi connectivity index (χ1n) is 8.06. The number of nitrogens with zero attached hydrogens (tertiary/aromatic N) is 2. The van der Waals surface area contributed by atoms with Crippen molar-refractivity contribution in [2.45, 2.75) is 13.5 Å². The van der Waals surface area contributed by atoms with Crippen molar-refractivity contribution < 1.29 is 17.7 Å². The van der Waals surface area contributed by atoms with Gasteiger partial charge in [0, 0.05) is 5.56 Å². The second-order valence-electron chi connectivity index (χ2n) is 5.98. The van der Waals surface area contributed by atoms with E-state index in [1.807, 2.05) is 31.2 Å². The van der Waals surface area contributed by atoms with E-state index in [2.05, 4.69) is 20.2 Å². The van der Waals surface area contributed by atoms with Gasteiger partial charge in [0.25, 0.3) is 5.91 Å². The van der Waals surface area contributed by atoms with Gasteiger partial charge in [-0.25, -0.2) is 8.42 Å². The number of carbonyl (C=O) groups excluding carboxylic acids is 1. The Morgan fingerprint density at radius 3 is 2.52 bits per heavy atom. The maximum atomic E-state index is 12.4. The molecule has 9 heteroatoms. The summed E-state index contributed by atoms with van der Waals surface area (Å²) >= 11 is 0. The van der Waals surface area contributed by atoms with Crippen LogP contribution in [0.2, 0.25) is 0 Å². The number of rotatable bonds is 6. The van der Waals surface area contributed by atoms with Crippen LogP contribution in [0, 0.1) is 6.92 Å². The van der Waals surface area contributed by atoms with Crippen molar-refractivity contribution in [3.63, 3.8) is 0 Å². The molecular formula is C18H18N4O4S. The minimum absolute atomic E-state index is 0.0188. The molecule has 0 aliphatic carbocycles. The molecule has 1 aromatic heterocycles. The number of hydrogen-bond acceptors (Lipinski definition) is 6. The van der Waals surface area contributed by atoms with E-state index in [9.17, 15) is 13.2 Å². The van der Waals surface area contributed by atoms with Gasteiger partial charge in [-0.15, -0.1) is 0 Å². The second kappa shape index (κ2) is 7.58. The third kappa shape index (κ3) is 4.91. The van der Waals surface area contributed by atoms with Gasteiger partial charge in [-0.3, -0.25) is 9.52 Å². The van der Waals surface area contributed by atoms with Crippen LogP contribution in [0.5, 0.6) is 0 Å². The third-order valence-corrected chi connectivity index (χ3v) is 4.24. The molecule has 0 aliphatic rings. The molecular weight excluding hydrogens is 368 g/mol. The molecule has 1 heterocycles. The van der Waals surface area contributed by atoms with Crippen LogP contribution in [0.1, 0.15) is 21.8 Å². The summed E-state index contributed by atoms with van der Waals surface area (Å²) in [5, 5.41) is 6.55. The van der Waals surface area contributed by atoms with Gasteiger partial charge in [0.15, 0.2) is 0 Å². The Morgan fingerprint density at radius 1 is 1.11 bits per heavy atom. The van der Waals surface area contributed by atoms with Crippen molar-refractivity contribution >= 4 is 21.6 Å². The molecule has 0 unspecified atom stereocenters. The van der Waals surface area contributed by atoms with Gasteiger partial charge >= 0.3 is 0 Å². The highest BCUT2D eigenvalue weighted by molar-refractivity contribution is 7.92. The highest BCUT2D eigenvalue weighted by Gasteiger charge is 2.15. The van der Waals surface area contributed by atoms with Crippen molar-refractivity contribution in [2.24, 2.45) is 0 Å². The van der Waals surface area contributed by atoms with E-state index < -0.39 is 15.9 Å². The average Bonchev–Trinajstić information content (AvgIpc) is 3.08. The normalized spacial score (nSPS) is 11.2. The lowest BCUT2D eigenvalue weighted by atomic mass is 10.1. The summed E-state index contributed by atoms with van der Waals surface area (Å²) in [5.41, 5.74) is 2.32. The van der Waals surface area contributed by atoms with Crippen molar-refractivity contribution in [1.82, 2.24) is 15.5 Å². The maximum absolute atomic E-state index is 12.4. The number of carbonyl (C=O) groups is 1. The van der Waals surface area contributed by atoms with E-state index in [0.717, 1.165) is 17.4 Å². The predicted molar refractivity (Wildman–Crippen MR) is 101 cm³/mol. The van der Waals surface area contributed by atoms with Gasteiger partial charge in [-0.2, -0.15) is 4.98 Å². The maximum Gasteiger partial charge on any atom is 0.253 e. The molecule has 0 saturated heterocycles. The summed E-state index contributed by atoms with van der Waals surface area (Å²) < 4.78 is 30.4. The molecule has 0 atom stereocenters. The van der Waals surface area contributed by atoms with Crippen LogP contribution in [-0.4, -0.2) is 30.7 Å². The van der Waals surface area contributed by atoms with Gasteiger partial charge in [-0.1, -0.05) is 47.1 Å². The second-order valence-corrected chi connectivity index (χ2v) is 7.73. The number of hydrogen-bond donors (Lipinski definition) is 2. The van der Waals surface area contributed by atoms with Gasteiger partial charge < -0.3 is 9.84 Å². The molecule has 0 saturated carbocycles. The monoisotopic (exact) mass is 386 g/mol. The molecule has 0 radical (unpaired) electrons. The number of amides is 1. The van der Waals surface area contributed by atoms with Gasteiger partial charge in [0.2, 0.25) is 21.7 Å². The van der Waals surface area contributed by atoms with Crippen LogP contribution in [-0.2, 0) is 16.6 Å². The lowest BCUT2D eigenvalue weighted by molar-refractivity contribution is 0.0947. The Hall–Kier alpha value is -3.20. The van der Waals surface area contributed by atoms with Gasteiger partial charge in [-0.05, 0) is 19.1 Å². The minimum atomic E-state index is -3.50. The van der Waals surface area contributed by atoms with Crippen molar-refractivity contribution in [3.8, 4) is 11.4 Å². The summed E-state index contributed by atoms with van der Waals surface area (Å²) in [6, 6.07) is 14.0. The quantitative estimate of drug-likeness (QED) is 0.672. The summed E-state index contributed by atoms with van der Waals surface area (Å²) in [6.45, 7) is 2.00. The van der Waals surface area contributed by atoms with Crippen molar-refractivity contribution in [2.75, 3.05) is 11.0 Å². The number of sulfonamides is 1. The minimum Gasteiger partial charge on any atom is -0.343 e. The largest absolute Gasteiger partial charge is 0.343 e. The van der Waals surface area contributed by atoms with Crippen molar-refractivity contribution in [1.29, 1.82) is 0 Å². The fraction of sp³-hybridized carbons (Fsp3) is 0.167. The molecule has 2 aromatic carbocycles. The molecule has 0 spiro atoms. The smallest absolute Gasteiger partial charge is 0.253 e. The van der Waals surface area contributed by atoms with Gasteiger partial charge in [0.1, 0.15) is 0 Å². The molecule has 2 N–H and O–H groups in total. The molecule has 27 heavy (non-hydrogen) atoms. The Bertz CT molecular complexity index is 1060. The molecule has 140 valence electrons. The van der Waals surface area contributed by atoms with E-state index in [4.69, 9.17) is 4.52 Å². The molecule has 1 amide bonds. The highest BCUT2D eigenvalue weighted by Crippen LogP contribution is 2.18. The topological polar surface area (TPSA) is 114 Å². The van der Waals surface area contributed by atoms with E-state index in [1.54, 1.807) is 12.1 Å². The standard InChI is InChI=1S/C18H18N4O4S/c1-12-7-9-13(10-8-12)17-20-16(26-21-17)11-19-18(23)14-5-3-4-6-15(14)22-27(2,24)25/h3-10,22H,11H2,1-2H3,(H,19,23). The zero-order valence-corrected chi connectivity index (χ0v) is 15.6. The van der Waals surface area contributed by atoms with Crippen LogP contribution in [0.15, 0.2) is 53.1 Å². The summed E-state index contributed by atoms with van der Waals surface area (Å²) in [4.78, 5) is 16.7. The highest BCUT2D eigenvalue weighted by atomic mass is 32.2. The zero-order valence-electron chi connectivity index (χ0n) is 14.8. The molecule has 3 rings (SSSR count). The number of aryl methyl sites for hydroxylation is 1. The average molecular weight is 386 g/mol. The van der Waals surface area contributed by atoms with Crippen LogP contribution in [0.3, 0.4) is 0 Å². The lowest BCUT2D eigenvalue weighted by Crippen LogP contribution is -2.24. The molecule has 3 aromatic rings. The molecule has 0 fully saturated rings. The first-order valence-corrected chi connectivity index (χ1v) is 9.95. The van der Waals surface area contributed by atoms with Gasteiger partial charge in [0.05, 0.1) is 24.1 Å². The van der Waals surface area contributed by atoms with Crippen LogP contribution >= 0.6 is 0 Å². The van der Waals surface area contributed by atoms with E-state index in [0.29, 0.717) is 5.82 Å². The first kappa shape index (κ1) is 18.6. The summed E-state index contributed by atoms with van der Waals surface area (Å²) in [6.07, 6.45) is 1.02. The SMILES string of the molecule is Cc1ccc(-c2noc(CNC(=O)c3ccccc3NS(C)(=O)=O)n2)cc1. The van der Waals surface area contributed by atoms with Crippen LogP contribution in [0.4, 0.5) is 5.69 Å². The first-order chi connectivity index (χ1) is 12.8. The fourth-order valence-electron chi connectivity index (χ4n) is 2.37. The predicted octanol–water partition coefficient (Wildman–Crippen LogP) is 2.35. The van der Waals surface area contributed by atoms with E-state index in [1.165, 1.54) is 12.1 Å². The lowest BCUT2D eigenvalue weighted by Gasteiger charge is -2.10. The number of benzene rings is 2. The summed E-state index contributed by atoms with van der Waals surface area (Å²) in [7, 11) is -3.50. The Morgan fingerprint density at radius 2 is 1.81 bits per heavy atom. The summed E-state index contributed by atoms with van der Waals surface area (Å²) in [5.74, 6) is 0.211. The molecule has 8 nitrogen and oxygen atoms in total. The number of nitrogens with one attached hydrogen (secondary N) is 2. The Kier molecular flexibility index (Phi) is 5.22. The number of anilines is 1. The van der Waals surface area contributed by atoms with E-state index >= 15 is 0 Å². The number of para-hydroxylation sites is 1. The Balaban J connectivity index is 1.69. The molecule has 0 bridgehead atoms. The van der Waals surface area contributed by atoms with Crippen molar-refractivity contribution in [3.05, 3.63) is 65.5 Å².